The van der Waals surface area contributed by atoms with Gasteiger partial charge in [-0.2, -0.15) is 0 Å². The molecule has 2 aromatic rings. The van der Waals surface area contributed by atoms with Crippen LogP contribution in [0.15, 0.2) is 36.4 Å². The van der Waals surface area contributed by atoms with E-state index < -0.39 is 0 Å². The highest BCUT2D eigenvalue weighted by Gasteiger charge is 2.22. The molecule has 2 aliphatic carbocycles. The minimum absolute atomic E-state index is 0.623. The second kappa shape index (κ2) is 4.34. The summed E-state index contributed by atoms with van der Waals surface area (Å²) in [5, 5.41) is 2.94. The van der Waals surface area contributed by atoms with Crippen molar-refractivity contribution in [1.82, 2.24) is 0 Å². The lowest BCUT2D eigenvalue weighted by Gasteiger charge is -2.26. The second-order valence-corrected chi connectivity index (χ2v) is 6.37. The summed E-state index contributed by atoms with van der Waals surface area (Å²) in [5.74, 6) is 1.30. The Morgan fingerprint density at radius 1 is 0.950 bits per heavy atom. The monoisotopic (exact) mass is 260 g/mol. The Balaban J connectivity index is 2.06. The summed E-state index contributed by atoms with van der Waals surface area (Å²) in [6.45, 7) is 4.66. The normalized spacial score (nSPS) is 22.9. The first-order valence-corrected chi connectivity index (χ1v) is 7.67. The third kappa shape index (κ3) is 1.67. The summed E-state index contributed by atoms with van der Waals surface area (Å²) in [5.41, 5.74) is 5.97. The van der Waals surface area contributed by atoms with Gasteiger partial charge in [0, 0.05) is 0 Å². The van der Waals surface area contributed by atoms with Crippen LogP contribution in [-0.4, -0.2) is 0 Å². The van der Waals surface area contributed by atoms with Crippen molar-refractivity contribution in [3.05, 3.63) is 58.0 Å². The van der Waals surface area contributed by atoms with Gasteiger partial charge in [0.2, 0.25) is 0 Å². The molecular weight excluding hydrogens is 240 g/mol. The molecule has 0 heterocycles. The fourth-order valence-electron chi connectivity index (χ4n) is 3.81. The Hall–Kier alpha value is -1.82. The molecule has 4 rings (SSSR count). The van der Waals surface area contributed by atoms with Gasteiger partial charge >= 0.3 is 0 Å². The molecule has 0 amide bonds. The van der Waals surface area contributed by atoms with E-state index in [-0.39, 0.29) is 0 Å². The Bertz CT molecular complexity index is 795. The molecule has 100 valence electrons. The lowest BCUT2D eigenvalue weighted by atomic mass is 9.78. The van der Waals surface area contributed by atoms with Crippen LogP contribution in [0.25, 0.3) is 23.3 Å². The summed E-state index contributed by atoms with van der Waals surface area (Å²) >= 11 is 0. The van der Waals surface area contributed by atoms with Crippen molar-refractivity contribution in [2.75, 3.05) is 0 Å². The molecule has 2 aliphatic rings. The van der Waals surface area contributed by atoms with Crippen LogP contribution in [0.4, 0.5) is 0 Å². The van der Waals surface area contributed by atoms with Gasteiger partial charge in [-0.05, 0) is 57.4 Å². The molecule has 2 unspecified atom stereocenters. The number of fused-ring (bicyclic) bond motifs is 5. The van der Waals surface area contributed by atoms with E-state index in [2.05, 4.69) is 62.4 Å². The third-order valence-corrected chi connectivity index (χ3v) is 4.84. The Labute approximate surface area is 120 Å². The molecule has 0 saturated heterocycles. The van der Waals surface area contributed by atoms with Gasteiger partial charge in [-0.1, -0.05) is 62.4 Å². The molecule has 0 spiro atoms. The number of hydrogen-bond donors (Lipinski definition) is 0. The first-order chi connectivity index (χ1) is 9.74. The van der Waals surface area contributed by atoms with Crippen LogP contribution < -0.4 is 10.4 Å². The van der Waals surface area contributed by atoms with E-state index in [0.717, 1.165) is 0 Å². The maximum atomic E-state index is 2.46. The highest BCUT2D eigenvalue weighted by atomic mass is 14.3. The van der Waals surface area contributed by atoms with Gasteiger partial charge in [0.15, 0.2) is 0 Å². The summed E-state index contributed by atoms with van der Waals surface area (Å²) < 4.78 is 0. The standard InChI is InChI=1S/C20H20/c1-13-7-9-17-15(11-13)8-10-19-18-6-4-3-5-16(18)14(2)12-20(17)19/h3-6,8-11,13-14H,7,12H2,1-2H3. The molecule has 2 aromatic carbocycles. The fourth-order valence-corrected chi connectivity index (χ4v) is 3.81. The Kier molecular flexibility index (Phi) is 2.60. The molecular formula is C20H20. The van der Waals surface area contributed by atoms with Crippen LogP contribution in [0.3, 0.4) is 0 Å². The first-order valence-electron chi connectivity index (χ1n) is 7.67. The zero-order valence-corrected chi connectivity index (χ0v) is 12.2. The van der Waals surface area contributed by atoms with E-state index in [0.29, 0.717) is 11.8 Å². The van der Waals surface area contributed by atoms with E-state index in [1.54, 1.807) is 5.56 Å². The van der Waals surface area contributed by atoms with Crippen LogP contribution >= 0.6 is 0 Å². The van der Waals surface area contributed by atoms with Crippen molar-refractivity contribution in [2.45, 2.75) is 32.6 Å². The van der Waals surface area contributed by atoms with Gasteiger partial charge in [-0.25, -0.2) is 0 Å². The van der Waals surface area contributed by atoms with E-state index in [1.807, 2.05) is 0 Å². The van der Waals surface area contributed by atoms with E-state index in [1.165, 1.54) is 40.0 Å². The minimum atomic E-state index is 0.623. The smallest absolute Gasteiger partial charge is 0.0143 e. The lowest BCUT2D eigenvalue weighted by Crippen LogP contribution is -2.34. The summed E-state index contributed by atoms with van der Waals surface area (Å²) in [6, 6.07) is 13.6. The van der Waals surface area contributed by atoms with Gasteiger partial charge in [0.1, 0.15) is 0 Å². The van der Waals surface area contributed by atoms with Gasteiger partial charge in [0.25, 0.3) is 0 Å². The minimum Gasteiger partial charge on any atom is -0.0758 e. The topological polar surface area (TPSA) is 0 Å². The van der Waals surface area contributed by atoms with Crippen LogP contribution in [0, 0.1) is 5.92 Å². The quantitative estimate of drug-likeness (QED) is 0.679. The Morgan fingerprint density at radius 2 is 1.80 bits per heavy atom. The van der Waals surface area contributed by atoms with Crippen molar-refractivity contribution < 1.29 is 0 Å². The summed E-state index contributed by atoms with van der Waals surface area (Å²) in [7, 11) is 0. The molecule has 0 heteroatoms. The predicted octanol–water partition coefficient (Wildman–Crippen LogP) is 3.61. The highest BCUT2D eigenvalue weighted by Crippen LogP contribution is 2.37. The van der Waals surface area contributed by atoms with E-state index in [4.69, 9.17) is 0 Å². The van der Waals surface area contributed by atoms with Crippen LogP contribution in [-0.2, 0) is 6.42 Å². The average Bonchev–Trinajstić information content (AvgIpc) is 2.47. The van der Waals surface area contributed by atoms with Crippen LogP contribution in [0.2, 0.25) is 0 Å². The molecule has 0 bridgehead atoms. The van der Waals surface area contributed by atoms with Crippen molar-refractivity contribution >= 4 is 12.2 Å². The van der Waals surface area contributed by atoms with Gasteiger partial charge in [0.05, 0.1) is 0 Å². The first kappa shape index (κ1) is 12.0. The molecule has 0 N–H and O–H groups in total. The molecule has 0 radical (unpaired) electrons. The number of hydrogen-bond acceptors (Lipinski definition) is 0. The molecule has 0 fully saturated rings. The summed E-state index contributed by atoms with van der Waals surface area (Å²) in [4.78, 5) is 0. The Morgan fingerprint density at radius 3 is 2.70 bits per heavy atom. The molecule has 0 aromatic heterocycles. The molecule has 20 heavy (non-hydrogen) atoms. The van der Waals surface area contributed by atoms with Crippen molar-refractivity contribution in [3.8, 4) is 11.1 Å². The number of benzene rings is 2. The summed E-state index contributed by atoms with van der Waals surface area (Å²) in [6.07, 6.45) is 7.24. The number of rotatable bonds is 0. The van der Waals surface area contributed by atoms with Crippen molar-refractivity contribution in [3.63, 3.8) is 0 Å². The molecule has 0 aliphatic heterocycles. The third-order valence-electron chi connectivity index (χ3n) is 4.84. The molecule has 0 nitrogen and oxygen atoms in total. The maximum absolute atomic E-state index is 2.46. The van der Waals surface area contributed by atoms with Gasteiger partial charge in [-0.15, -0.1) is 0 Å². The maximum Gasteiger partial charge on any atom is -0.0143 e. The largest absolute Gasteiger partial charge is 0.0758 e. The fraction of sp³-hybridized carbons (Fsp3) is 0.300. The van der Waals surface area contributed by atoms with Crippen LogP contribution in [0.1, 0.15) is 37.3 Å². The highest BCUT2D eigenvalue weighted by molar-refractivity contribution is 5.74. The molecule has 2 atom stereocenters. The van der Waals surface area contributed by atoms with Gasteiger partial charge in [-0.3, -0.25) is 0 Å². The molecule has 0 saturated carbocycles. The zero-order chi connectivity index (χ0) is 13.7. The average molecular weight is 260 g/mol. The zero-order valence-electron chi connectivity index (χ0n) is 12.2. The lowest BCUT2D eigenvalue weighted by molar-refractivity contribution is 0.740. The SMILES string of the molecule is CC1C=c2ccc3c(c2=CC1)CC(C)c1ccccc1-3. The van der Waals surface area contributed by atoms with Crippen molar-refractivity contribution in [2.24, 2.45) is 5.92 Å². The van der Waals surface area contributed by atoms with E-state index >= 15 is 0 Å². The van der Waals surface area contributed by atoms with Crippen molar-refractivity contribution in [1.29, 1.82) is 0 Å². The van der Waals surface area contributed by atoms with Gasteiger partial charge < -0.3 is 0 Å². The van der Waals surface area contributed by atoms with Crippen LogP contribution in [0.5, 0.6) is 0 Å². The predicted molar refractivity (Wildman–Crippen MR) is 86.0 cm³/mol. The second-order valence-electron chi connectivity index (χ2n) is 6.37. The van der Waals surface area contributed by atoms with E-state index in [9.17, 15) is 0 Å².